The Balaban J connectivity index is 3.25. The molecular weight excluding hydrogens is 110 g/mol. The van der Waals surface area contributed by atoms with Crippen LogP contribution < -0.4 is 17.4 Å². The lowest BCUT2D eigenvalue weighted by Crippen LogP contribution is -2.34. The van der Waals surface area contributed by atoms with Crippen molar-refractivity contribution in [3.8, 4) is 0 Å². The van der Waals surface area contributed by atoms with E-state index in [4.69, 9.17) is 11.5 Å². The highest BCUT2D eigenvalue weighted by atomic mass is 16.7. The second-order valence-corrected chi connectivity index (χ2v) is 1.36. The molecule has 0 rings (SSSR count). The van der Waals surface area contributed by atoms with Crippen molar-refractivity contribution in [3.05, 3.63) is 0 Å². The number of carbonyl (C=O) groups excluding carboxylic acids is 1. The number of rotatable bonds is 2. The summed E-state index contributed by atoms with van der Waals surface area (Å²) < 4.78 is 0. The molecule has 0 saturated carbocycles. The van der Waals surface area contributed by atoms with Gasteiger partial charge in [0, 0.05) is 0 Å². The molecule has 6 N–H and O–H groups in total. The Labute approximate surface area is 46.7 Å². The van der Waals surface area contributed by atoms with Crippen molar-refractivity contribution < 1.29 is 9.63 Å². The van der Waals surface area contributed by atoms with Crippen molar-refractivity contribution in [2.24, 2.45) is 17.4 Å². The van der Waals surface area contributed by atoms with Gasteiger partial charge >= 0.3 is 5.97 Å². The zero-order valence-electron chi connectivity index (χ0n) is 4.33. The van der Waals surface area contributed by atoms with Crippen molar-refractivity contribution >= 4 is 5.97 Å². The van der Waals surface area contributed by atoms with Gasteiger partial charge < -0.3 is 16.3 Å². The summed E-state index contributed by atoms with van der Waals surface area (Å²) in [5.41, 5.74) is 9.98. The van der Waals surface area contributed by atoms with Crippen LogP contribution in [0.25, 0.3) is 0 Å². The van der Waals surface area contributed by atoms with Crippen LogP contribution in [0.3, 0.4) is 0 Å². The van der Waals surface area contributed by atoms with E-state index in [1.54, 1.807) is 0 Å². The summed E-state index contributed by atoms with van der Waals surface area (Å²) in [5, 5.41) is 0. The highest BCUT2D eigenvalue weighted by Gasteiger charge is 2.03. The Kier molecular flexibility index (Phi) is 3.09. The van der Waals surface area contributed by atoms with E-state index in [0.717, 1.165) is 0 Å². The molecule has 0 aromatic rings. The van der Waals surface area contributed by atoms with Crippen LogP contribution in [-0.4, -0.2) is 12.1 Å². The Morgan fingerprint density at radius 1 is 1.62 bits per heavy atom. The fourth-order valence-electron chi connectivity index (χ4n) is 0.241. The van der Waals surface area contributed by atoms with E-state index in [-0.39, 0.29) is 6.42 Å². The van der Waals surface area contributed by atoms with Crippen LogP contribution in [0.5, 0.6) is 0 Å². The first kappa shape index (κ1) is 7.35. The van der Waals surface area contributed by atoms with Gasteiger partial charge in [0.25, 0.3) is 0 Å². The Bertz CT molecular complexity index is 82.6. The highest BCUT2D eigenvalue weighted by molar-refractivity contribution is 5.69. The summed E-state index contributed by atoms with van der Waals surface area (Å²) in [6.07, 6.45) is -0.720. The van der Waals surface area contributed by atoms with Crippen molar-refractivity contribution in [1.82, 2.24) is 0 Å². The molecule has 0 aliphatic carbocycles. The lowest BCUT2D eigenvalue weighted by Gasteiger charge is -1.99. The molecule has 48 valence electrons. The van der Waals surface area contributed by atoms with Crippen molar-refractivity contribution in [2.75, 3.05) is 0 Å². The third-order valence-corrected chi connectivity index (χ3v) is 0.534. The molecule has 8 heavy (non-hydrogen) atoms. The van der Waals surface area contributed by atoms with Crippen LogP contribution in [0.15, 0.2) is 0 Å². The molecule has 0 spiro atoms. The smallest absolute Gasteiger partial charge is 0.327 e. The van der Waals surface area contributed by atoms with Gasteiger partial charge in [0.1, 0.15) is 0 Å². The summed E-state index contributed by atoms with van der Waals surface area (Å²) in [5.74, 6) is 3.86. The minimum atomic E-state index is -0.675. The maximum Gasteiger partial charge on any atom is 0.327 e. The quantitative estimate of drug-likeness (QED) is 0.289. The fourth-order valence-corrected chi connectivity index (χ4v) is 0.241. The lowest BCUT2D eigenvalue weighted by molar-refractivity contribution is -0.144. The summed E-state index contributed by atoms with van der Waals surface area (Å²) in [6, 6.07) is 0. The van der Waals surface area contributed by atoms with Gasteiger partial charge in [0.2, 0.25) is 0 Å². The Morgan fingerprint density at radius 3 is 2.25 bits per heavy atom. The number of nitrogens with two attached hydrogens (primary N) is 3. The zero-order chi connectivity index (χ0) is 6.57. The molecule has 5 nitrogen and oxygen atoms in total. The SMILES string of the molecule is NOC(=O)CC(N)N. The third-order valence-electron chi connectivity index (χ3n) is 0.534. The van der Waals surface area contributed by atoms with Crippen LogP contribution in [0.1, 0.15) is 6.42 Å². The van der Waals surface area contributed by atoms with Gasteiger partial charge in [-0.2, -0.15) is 5.90 Å². The van der Waals surface area contributed by atoms with Crippen LogP contribution in [0.2, 0.25) is 0 Å². The van der Waals surface area contributed by atoms with Gasteiger partial charge in [-0.25, -0.2) is 0 Å². The van der Waals surface area contributed by atoms with Crippen molar-refractivity contribution in [3.63, 3.8) is 0 Å². The van der Waals surface area contributed by atoms with Gasteiger partial charge in [0.15, 0.2) is 0 Å². The summed E-state index contributed by atoms with van der Waals surface area (Å²) in [6.45, 7) is 0. The molecule has 0 amide bonds. The first-order valence-electron chi connectivity index (χ1n) is 2.07. The van der Waals surface area contributed by atoms with E-state index in [9.17, 15) is 4.79 Å². The Morgan fingerprint density at radius 2 is 2.12 bits per heavy atom. The third kappa shape index (κ3) is 3.54. The monoisotopic (exact) mass is 119 g/mol. The molecule has 0 unspecified atom stereocenters. The topological polar surface area (TPSA) is 104 Å². The molecule has 5 heteroatoms. The predicted octanol–water partition coefficient (Wildman–Crippen LogP) is -1.96. The molecular formula is C3H9N3O2. The summed E-state index contributed by atoms with van der Waals surface area (Å²) >= 11 is 0. The van der Waals surface area contributed by atoms with Gasteiger partial charge in [-0.1, -0.05) is 0 Å². The van der Waals surface area contributed by atoms with E-state index in [2.05, 4.69) is 10.7 Å². The molecule has 0 fully saturated rings. The second kappa shape index (κ2) is 3.36. The molecule has 0 atom stereocenters. The van der Waals surface area contributed by atoms with E-state index in [1.807, 2.05) is 0 Å². The maximum absolute atomic E-state index is 10.1. The molecule has 0 aromatic carbocycles. The van der Waals surface area contributed by atoms with Crippen molar-refractivity contribution in [1.29, 1.82) is 0 Å². The zero-order valence-corrected chi connectivity index (χ0v) is 4.33. The molecule has 0 aliphatic heterocycles. The largest absolute Gasteiger partial charge is 0.373 e. The highest BCUT2D eigenvalue weighted by Crippen LogP contribution is 1.80. The van der Waals surface area contributed by atoms with Crippen molar-refractivity contribution in [2.45, 2.75) is 12.6 Å². The predicted molar refractivity (Wildman–Crippen MR) is 27.1 cm³/mol. The fraction of sp³-hybridized carbons (Fsp3) is 0.667. The maximum atomic E-state index is 10.1. The second-order valence-electron chi connectivity index (χ2n) is 1.36. The summed E-state index contributed by atoms with van der Waals surface area (Å²) in [4.78, 5) is 13.9. The molecule has 0 radical (unpaired) electrons. The molecule has 0 aliphatic rings. The van der Waals surface area contributed by atoms with Gasteiger partial charge in [-0.05, 0) is 0 Å². The van der Waals surface area contributed by atoms with E-state index in [0.29, 0.717) is 0 Å². The van der Waals surface area contributed by atoms with Crippen LogP contribution in [0.4, 0.5) is 0 Å². The molecule has 0 bridgehead atoms. The minimum absolute atomic E-state index is 0.0451. The van der Waals surface area contributed by atoms with Crippen LogP contribution in [0, 0.1) is 0 Å². The van der Waals surface area contributed by atoms with Crippen LogP contribution >= 0.6 is 0 Å². The number of hydrogen-bond acceptors (Lipinski definition) is 5. The average Bonchev–Trinajstić information content (AvgIpc) is 1.65. The first-order chi connectivity index (χ1) is 3.66. The van der Waals surface area contributed by atoms with E-state index >= 15 is 0 Å². The minimum Gasteiger partial charge on any atom is -0.373 e. The standard InChI is InChI=1S/C3H9N3O2/c4-2(5)1-3(7)8-6/h2H,1,4-6H2. The van der Waals surface area contributed by atoms with Gasteiger partial charge in [-0.3, -0.25) is 4.79 Å². The normalized spacial score (nSPS) is 9.50. The lowest BCUT2D eigenvalue weighted by atomic mass is 10.4. The van der Waals surface area contributed by atoms with Gasteiger partial charge in [0.05, 0.1) is 12.6 Å². The van der Waals surface area contributed by atoms with Gasteiger partial charge in [-0.15, -0.1) is 0 Å². The molecule has 0 saturated heterocycles. The van der Waals surface area contributed by atoms with E-state index in [1.165, 1.54) is 0 Å². The first-order valence-corrected chi connectivity index (χ1v) is 2.07. The summed E-state index contributed by atoms with van der Waals surface area (Å²) in [7, 11) is 0. The van der Waals surface area contributed by atoms with E-state index < -0.39 is 12.1 Å². The molecule has 0 aromatic heterocycles. The Hall–Kier alpha value is -0.650. The number of carbonyl (C=O) groups is 1. The number of hydrogen-bond donors (Lipinski definition) is 3. The molecule has 0 heterocycles. The van der Waals surface area contributed by atoms with Crippen LogP contribution in [-0.2, 0) is 9.63 Å². The average molecular weight is 119 g/mol.